The second kappa shape index (κ2) is 9.01. The molecule has 0 fully saturated rings. The summed E-state index contributed by atoms with van der Waals surface area (Å²) in [6.07, 6.45) is 1.01. The van der Waals surface area contributed by atoms with Gasteiger partial charge in [-0.2, -0.15) is 0 Å². The van der Waals surface area contributed by atoms with Crippen molar-refractivity contribution in [3.8, 4) is 0 Å². The van der Waals surface area contributed by atoms with Crippen LogP contribution in [-0.4, -0.2) is 15.5 Å². The lowest BCUT2D eigenvalue weighted by molar-refractivity contribution is -0.718. The molecular weight excluding hydrogens is 364 g/mol. The number of benzene rings is 2. The molecule has 3 aromatic rings. The fraction of sp³-hybridized carbons (Fsp3) is 0.348. The van der Waals surface area contributed by atoms with Gasteiger partial charge in [-0.25, -0.2) is 4.98 Å². The molecule has 1 amide bonds. The fourth-order valence-corrected chi connectivity index (χ4v) is 3.69. The van der Waals surface area contributed by atoms with Gasteiger partial charge in [0, 0.05) is 11.5 Å². The van der Waals surface area contributed by atoms with E-state index in [1.807, 2.05) is 12.1 Å². The van der Waals surface area contributed by atoms with E-state index in [-0.39, 0.29) is 18.1 Å². The maximum atomic E-state index is 12.9. The second-order valence-electron chi connectivity index (χ2n) is 7.71. The molecule has 6 nitrogen and oxygen atoms in total. The van der Waals surface area contributed by atoms with Crippen LogP contribution < -0.4 is 16.6 Å². The van der Waals surface area contributed by atoms with Crippen LogP contribution in [-0.2, 0) is 24.3 Å². The first-order valence-electron chi connectivity index (χ1n) is 10.1. The fourth-order valence-electron chi connectivity index (χ4n) is 3.69. The summed E-state index contributed by atoms with van der Waals surface area (Å²) < 4.78 is 1.40. The van der Waals surface area contributed by atoms with E-state index < -0.39 is 5.91 Å². The standard InChI is InChI=1S/C23H28N4O2/c1-4-16-9-11-17(12-10-16)22(15(2)3)25-13-21-26-19-8-6-5-7-18(19)23(29)27(21)14-20(24)28/h5-12,15,22,25H,4,13-14H2,1-3H3,(H2,24,28)/p+1/t22-/m0/s1. The van der Waals surface area contributed by atoms with Crippen molar-refractivity contribution in [3.05, 3.63) is 75.8 Å². The number of primary amides is 1. The van der Waals surface area contributed by atoms with Gasteiger partial charge in [-0.15, -0.1) is 0 Å². The topological polar surface area (TPSA) is 94.6 Å². The lowest BCUT2D eigenvalue weighted by atomic mass is 9.95. The molecule has 0 radical (unpaired) electrons. The van der Waals surface area contributed by atoms with Crippen LogP contribution in [0.25, 0.3) is 10.9 Å². The van der Waals surface area contributed by atoms with Gasteiger partial charge in [0.2, 0.25) is 5.91 Å². The highest BCUT2D eigenvalue weighted by Gasteiger charge is 2.21. The molecule has 0 unspecified atom stereocenters. The smallest absolute Gasteiger partial charge is 0.262 e. The molecule has 3 rings (SSSR count). The molecule has 0 aliphatic carbocycles. The van der Waals surface area contributed by atoms with Crippen LogP contribution in [0.15, 0.2) is 53.3 Å². The number of fused-ring (bicyclic) bond motifs is 1. The summed E-state index contributed by atoms with van der Waals surface area (Å²) in [7, 11) is 0. The number of aromatic nitrogens is 2. The number of carbonyl (C=O) groups excluding carboxylic acids is 1. The van der Waals surface area contributed by atoms with Crippen LogP contribution in [0.1, 0.15) is 43.8 Å². The van der Waals surface area contributed by atoms with Gasteiger partial charge in [0.25, 0.3) is 5.56 Å². The highest BCUT2D eigenvalue weighted by Crippen LogP contribution is 2.19. The van der Waals surface area contributed by atoms with Gasteiger partial charge in [0.1, 0.15) is 19.1 Å². The number of rotatable bonds is 8. The van der Waals surface area contributed by atoms with E-state index in [2.05, 4.69) is 55.3 Å². The summed E-state index contributed by atoms with van der Waals surface area (Å²) in [6, 6.07) is 16.1. The van der Waals surface area contributed by atoms with Gasteiger partial charge in [-0.05, 0) is 24.1 Å². The van der Waals surface area contributed by atoms with Crippen LogP contribution in [0.5, 0.6) is 0 Å². The van der Waals surface area contributed by atoms with E-state index >= 15 is 0 Å². The molecule has 1 aromatic heterocycles. The summed E-state index contributed by atoms with van der Waals surface area (Å²) in [5, 5.41) is 2.67. The first kappa shape index (κ1) is 20.7. The Morgan fingerprint density at radius 1 is 1.14 bits per heavy atom. The summed E-state index contributed by atoms with van der Waals surface area (Å²) >= 11 is 0. The molecule has 0 saturated carbocycles. The number of quaternary nitrogens is 1. The highest BCUT2D eigenvalue weighted by molar-refractivity contribution is 5.78. The molecule has 0 spiro atoms. The maximum absolute atomic E-state index is 12.9. The van der Waals surface area contributed by atoms with Crippen LogP contribution in [0.4, 0.5) is 0 Å². The van der Waals surface area contributed by atoms with Crippen LogP contribution in [0, 0.1) is 5.92 Å². The van der Waals surface area contributed by atoms with Crippen molar-refractivity contribution >= 4 is 16.8 Å². The van der Waals surface area contributed by atoms with Crippen molar-refractivity contribution in [1.82, 2.24) is 9.55 Å². The predicted octanol–water partition coefficient (Wildman–Crippen LogP) is 1.90. The Labute approximate surface area is 170 Å². The van der Waals surface area contributed by atoms with Crippen molar-refractivity contribution in [3.63, 3.8) is 0 Å². The largest absolute Gasteiger partial charge is 0.368 e. The molecule has 29 heavy (non-hydrogen) atoms. The van der Waals surface area contributed by atoms with Crippen molar-refractivity contribution < 1.29 is 10.1 Å². The van der Waals surface area contributed by atoms with Crippen LogP contribution in [0.2, 0.25) is 0 Å². The quantitative estimate of drug-likeness (QED) is 0.612. The van der Waals surface area contributed by atoms with Gasteiger partial charge < -0.3 is 11.1 Å². The van der Waals surface area contributed by atoms with E-state index in [0.717, 1.165) is 6.42 Å². The third-order valence-corrected chi connectivity index (χ3v) is 5.30. The molecule has 4 N–H and O–H groups in total. The third kappa shape index (κ3) is 4.71. The zero-order chi connectivity index (χ0) is 21.0. The van der Waals surface area contributed by atoms with Crippen molar-refractivity contribution in [2.24, 2.45) is 11.7 Å². The monoisotopic (exact) mass is 393 g/mol. The lowest BCUT2D eigenvalue weighted by Gasteiger charge is -2.21. The minimum Gasteiger partial charge on any atom is -0.368 e. The Bertz CT molecular complexity index is 1050. The number of hydrogen-bond acceptors (Lipinski definition) is 3. The van der Waals surface area contributed by atoms with Crippen LogP contribution >= 0.6 is 0 Å². The molecule has 152 valence electrons. The summed E-state index contributed by atoms with van der Waals surface area (Å²) in [6.45, 7) is 6.81. The number of amides is 1. The van der Waals surface area contributed by atoms with E-state index in [0.29, 0.717) is 29.2 Å². The molecule has 0 aliphatic heterocycles. The summed E-state index contributed by atoms with van der Waals surface area (Å²) in [4.78, 5) is 29.1. The van der Waals surface area contributed by atoms with Crippen molar-refractivity contribution in [2.45, 2.75) is 46.3 Å². The first-order valence-corrected chi connectivity index (χ1v) is 10.1. The Kier molecular flexibility index (Phi) is 6.44. The Morgan fingerprint density at radius 3 is 2.45 bits per heavy atom. The SMILES string of the molecule is CCc1ccc([C@@H]([NH2+]Cc2nc3ccccc3c(=O)n2CC(N)=O)C(C)C)cc1. The number of nitrogens with two attached hydrogens (primary N) is 2. The zero-order valence-electron chi connectivity index (χ0n) is 17.3. The first-order chi connectivity index (χ1) is 13.9. The van der Waals surface area contributed by atoms with Crippen molar-refractivity contribution in [2.75, 3.05) is 0 Å². The molecule has 0 bridgehead atoms. The second-order valence-corrected chi connectivity index (χ2v) is 7.71. The third-order valence-electron chi connectivity index (χ3n) is 5.30. The predicted molar refractivity (Wildman–Crippen MR) is 114 cm³/mol. The number of para-hydroxylation sites is 1. The molecule has 1 heterocycles. The molecule has 2 aromatic carbocycles. The minimum absolute atomic E-state index is 0.169. The average molecular weight is 394 g/mol. The summed E-state index contributed by atoms with van der Waals surface area (Å²) in [5.74, 6) is 0.392. The number of hydrogen-bond donors (Lipinski definition) is 2. The van der Waals surface area contributed by atoms with Gasteiger partial charge in [0.05, 0.1) is 10.9 Å². The minimum atomic E-state index is -0.555. The van der Waals surface area contributed by atoms with Gasteiger partial charge >= 0.3 is 0 Å². The molecule has 0 aliphatic rings. The Hall–Kier alpha value is -2.99. The molecule has 6 heteroatoms. The maximum Gasteiger partial charge on any atom is 0.262 e. The van der Waals surface area contributed by atoms with Crippen LogP contribution in [0.3, 0.4) is 0 Å². The van der Waals surface area contributed by atoms with Gasteiger partial charge in [0.15, 0.2) is 5.82 Å². The summed E-state index contributed by atoms with van der Waals surface area (Å²) in [5.41, 5.74) is 8.34. The molecule has 0 saturated heterocycles. The van der Waals surface area contributed by atoms with E-state index in [9.17, 15) is 9.59 Å². The van der Waals surface area contributed by atoms with Gasteiger partial charge in [-0.1, -0.05) is 57.2 Å². The number of carbonyl (C=O) groups is 1. The lowest BCUT2D eigenvalue weighted by Crippen LogP contribution is -2.85. The number of aryl methyl sites for hydroxylation is 1. The van der Waals surface area contributed by atoms with Crippen molar-refractivity contribution in [1.29, 1.82) is 0 Å². The Balaban J connectivity index is 1.94. The molecular formula is C23H29N4O2+. The highest BCUT2D eigenvalue weighted by atomic mass is 16.2. The zero-order valence-corrected chi connectivity index (χ0v) is 17.3. The van der Waals surface area contributed by atoms with E-state index in [1.54, 1.807) is 12.1 Å². The normalized spacial score (nSPS) is 12.4. The Morgan fingerprint density at radius 2 is 1.83 bits per heavy atom. The van der Waals surface area contributed by atoms with E-state index in [1.165, 1.54) is 15.7 Å². The number of nitrogens with zero attached hydrogens (tertiary/aromatic N) is 2. The molecule has 1 atom stereocenters. The van der Waals surface area contributed by atoms with Gasteiger partial charge in [-0.3, -0.25) is 14.2 Å². The average Bonchev–Trinajstić information content (AvgIpc) is 2.71. The van der Waals surface area contributed by atoms with E-state index in [4.69, 9.17) is 5.73 Å².